The van der Waals surface area contributed by atoms with Gasteiger partial charge in [0.2, 0.25) is 5.88 Å². The lowest BCUT2D eigenvalue weighted by Crippen LogP contribution is -1.96. The number of benzene rings is 1. The van der Waals surface area contributed by atoms with Gasteiger partial charge in [0.25, 0.3) is 0 Å². The van der Waals surface area contributed by atoms with Crippen LogP contribution in [0.5, 0.6) is 11.6 Å². The molecule has 0 saturated heterocycles. The van der Waals surface area contributed by atoms with Gasteiger partial charge in [-0.15, -0.1) is 0 Å². The van der Waals surface area contributed by atoms with E-state index in [9.17, 15) is 0 Å². The number of nitrogens with two attached hydrogens (primary N) is 1. The summed E-state index contributed by atoms with van der Waals surface area (Å²) in [6, 6.07) is 11.4. The Morgan fingerprint density at radius 2 is 2.11 bits per heavy atom. The Morgan fingerprint density at radius 3 is 2.94 bits per heavy atom. The van der Waals surface area contributed by atoms with Crippen LogP contribution in [0, 0.1) is 6.92 Å². The number of aryl methyl sites for hydroxylation is 1. The zero-order valence-electron chi connectivity index (χ0n) is 10.00. The number of nitrogens with zero attached hydrogens (tertiary/aromatic N) is 2. The van der Waals surface area contributed by atoms with Gasteiger partial charge in [-0.05, 0) is 36.8 Å². The molecule has 4 nitrogen and oxygen atoms in total. The Kier molecular flexibility index (Phi) is 2.41. The summed E-state index contributed by atoms with van der Waals surface area (Å²) in [4.78, 5) is 4.21. The molecule has 0 unspecified atom stereocenters. The summed E-state index contributed by atoms with van der Waals surface area (Å²) in [6.07, 6.45) is 3.59. The topological polar surface area (TPSA) is 52.5 Å². The third-order valence-corrected chi connectivity index (χ3v) is 2.77. The van der Waals surface area contributed by atoms with E-state index in [0.29, 0.717) is 17.3 Å². The number of aromatic nitrogens is 2. The van der Waals surface area contributed by atoms with Gasteiger partial charge in [-0.1, -0.05) is 12.1 Å². The highest BCUT2D eigenvalue weighted by atomic mass is 16.5. The van der Waals surface area contributed by atoms with Gasteiger partial charge in [-0.3, -0.25) is 4.40 Å². The van der Waals surface area contributed by atoms with Crippen LogP contribution in [0.2, 0.25) is 0 Å². The van der Waals surface area contributed by atoms with Gasteiger partial charge in [-0.25, -0.2) is 4.98 Å². The van der Waals surface area contributed by atoms with Crippen molar-refractivity contribution >= 4 is 11.3 Å². The van der Waals surface area contributed by atoms with E-state index in [1.54, 1.807) is 6.20 Å². The first-order valence-corrected chi connectivity index (χ1v) is 5.70. The second-order valence-electron chi connectivity index (χ2n) is 4.16. The van der Waals surface area contributed by atoms with Crippen molar-refractivity contribution in [3.8, 4) is 11.6 Å². The zero-order chi connectivity index (χ0) is 12.5. The highest BCUT2D eigenvalue weighted by Crippen LogP contribution is 2.28. The first kappa shape index (κ1) is 10.7. The van der Waals surface area contributed by atoms with Crippen LogP contribution in [-0.2, 0) is 0 Å². The maximum atomic E-state index is 5.94. The maximum Gasteiger partial charge on any atom is 0.205 e. The van der Waals surface area contributed by atoms with E-state index in [2.05, 4.69) is 4.98 Å². The Morgan fingerprint density at radius 1 is 1.22 bits per heavy atom. The highest BCUT2D eigenvalue weighted by Gasteiger charge is 2.05. The molecule has 0 amide bonds. The summed E-state index contributed by atoms with van der Waals surface area (Å²) < 4.78 is 7.71. The minimum Gasteiger partial charge on any atom is -0.438 e. The molecular formula is C14H13N3O. The number of pyridine rings is 1. The molecule has 2 heterocycles. The van der Waals surface area contributed by atoms with E-state index in [0.717, 1.165) is 11.2 Å². The molecule has 1 aromatic carbocycles. The number of rotatable bonds is 2. The normalized spacial score (nSPS) is 10.7. The van der Waals surface area contributed by atoms with Crippen molar-refractivity contribution in [2.45, 2.75) is 6.92 Å². The van der Waals surface area contributed by atoms with Gasteiger partial charge in [0, 0.05) is 12.4 Å². The fourth-order valence-electron chi connectivity index (χ4n) is 1.88. The Hall–Kier alpha value is -2.49. The molecule has 0 aliphatic heterocycles. The molecule has 4 heteroatoms. The molecule has 0 spiro atoms. The average molecular weight is 239 g/mol. The smallest absolute Gasteiger partial charge is 0.205 e. The first-order valence-electron chi connectivity index (χ1n) is 5.70. The molecule has 2 N–H and O–H groups in total. The zero-order valence-corrected chi connectivity index (χ0v) is 10.00. The lowest BCUT2D eigenvalue weighted by Gasteiger charge is -2.10. The van der Waals surface area contributed by atoms with Gasteiger partial charge in [0.15, 0.2) is 5.75 Å². The summed E-state index contributed by atoms with van der Waals surface area (Å²) in [5, 5.41) is 0. The number of nitrogen functional groups attached to an aromatic ring is 1. The SMILES string of the molecule is Cc1ccc(Oc2cccc3nccn23)c(N)c1. The van der Waals surface area contributed by atoms with Crippen LogP contribution in [0.1, 0.15) is 5.56 Å². The molecule has 0 atom stereocenters. The van der Waals surface area contributed by atoms with E-state index in [4.69, 9.17) is 10.5 Å². The van der Waals surface area contributed by atoms with E-state index in [-0.39, 0.29) is 0 Å². The minimum absolute atomic E-state index is 0.632. The van der Waals surface area contributed by atoms with Crippen LogP contribution in [0.4, 0.5) is 5.69 Å². The van der Waals surface area contributed by atoms with Crippen molar-refractivity contribution in [3.05, 3.63) is 54.4 Å². The third-order valence-electron chi connectivity index (χ3n) is 2.77. The number of hydrogen-bond donors (Lipinski definition) is 1. The molecule has 0 aliphatic carbocycles. The maximum absolute atomic E-state index is 5.94. The Balaban J connectivity index is 2.03. The Labute approximate surface area is 105 Å². The molecule has 0 bridgehead atoms. The third kappa shape index (κ3) is 1.78. The summed E-state index contributed by atoms with van der Waals surface area (Å²) in [5.74, 6) is 1.35. The summed E-state index contributed by atoms with van der Waals surface area (Å²) >= 11 is 0. The monoisotopic (exact) mass is 239 g/mol. The quantitative estimate of drug-likeness (QED) is 0.699. The summed E-state index contributed by atoms with van der Waals surface area (Å²) in [5.41, 5.74) is 8.53. The number of hydrogen-bond acceptors (Lipinski definition) is 3. The van der Waals surface area contributed by atoms with Crippen molar-refractivity contribution in [2.75, 3.05) is 5.73 Å². The molecule has 0 fully saturated rings. The molecule has 3 aromatic rings. The second-order valence-corrected chi connectivity index (χ2v) is 4.16. The number of fused-ring (bicyclic) bond motifs is 1. The van der Waals surface area contributed by atoms with E-state index in [1.165, 1.54) is 0 Å². The van der Waals surface area contributed by atoms with E-state index >= 15 is 0 Å². The summed E-state index contributed by atoms with van der Waals surface area (Å²) in [7, 11) is 0. The van der Waals surface area contributed by atoms with Crippen LogP contribution in [0.3, 0.4) is 0 Å². The predicted octanol–water partition coefficient (Wildman–Crippen LogP) is 3.02. The van der Waals surface area contributed by atoms with Crippen molar-refractivity contribution in [2.24, 2.45) is 0 Å². The Bertz CT molecular complexity index is 703. The fourth-order valence-corrected chi connectivity index (χ4v) is 1.88. The average Bonchev–Trinajstić information content (AvgIpc) is 2.82. The van der Waals surface area contributed by atoms with Crippen molar-refractivity contribution < 1.29 is 4.74 Å². The number of ether oxygens (including phenoxy) is 1. The largest absolute Gasteiger partial charge is 0.438 e. The van der Waals surface area contributed by atoms with Crippen LogP contribution in [0.15, 0.2) is 48.8 Å². The standard InChI is InChI=1S/C14H13N3O/c1-10-5-6-12(11(15)9-10)18-14-4-2-3-13-16-7-8-17(13)14/h2-9H,15H2,1H3. The lowest BCUT2D eigenvalue weighted by atomic mass is 10.2. The van der Waals surface area contributed by atoms with Crippen LogP contribution in [0.25, 0.3) is 5.65 Å². The minimum atomic E-state index is 0.632. The van der Waals surface area contributed by atoms with Crippen molar-refractivity contribution in [3.63, 3.8) is 0 Å². The van der Waals surface area contributed by atoms with Crippen LogP contribution in [-0.4, -0.2) is 9.38 Å². The van der Waals surface area contributed by atoms with Crippen molar-refractivity contribution in [1.29, 1.82) is 0 Å². The van der Waals surface area contributed by atoms with Crippen LogP contribution < -0.4 is 10.5 Å². The van der Waals surface area contributed by atoms with Gasteiger partial charge in [-0.2, -0.15) is 0 Å². The van der Waals surface area contributed by atoms with Gasteiger partial charge in [0.1, 0.15) is 5.65 Å². The van der Waals surface area contributed by atoms with E-state index in [1.807, 2.05) is 53.9 Å². The molecule has 18 heavy (non-hydrogen) atoms. The molecule has 3 rings (SSSR count). The number of anilines is 1. The molecule has 90 valence electrons. The van der Waals surface area contributed by atoms with Crippen LogP contribution >= 0.6 is 0 Å². The van der Waals surface area contributed by atoms with E-state index < -0.39 is 0 Å². The molecule has 0 aliphatic rings. The van der Waals surface area contributed by atoms with Gasteiger partial charge < -0.3 is 10.5 Å². The second kappa shape index (κ2) is 4.07. The number of imidazole rings is 1. The molecule has 0 saturated carbocycles. The van der Waals surface area contributed by atoms with Gasteiger partial charge >= 0.3 is 0 Å². The molecular weight excluding hydrogens is 226 g/mol. The van der Waals surface area contributed by atoms with Gasteiger partial charge in [0.05, 0.1) is 5.69 Å². The lowest BCUT2D eigenvalue weighted by molar-refractivity contribution is 0.458. The summed E-state index contributed by atoms with van der Waals surface area (Å²) in [6.45, 7) is 2.00. The first-order chi connectivity index (χ1) is 8.74. The predicted molar refractivity (Wildman–Crippen MR) is 70.9 cm³/mol. The fraction of sp³-hybridized carbons (Fsp3) is 0.0714. The molecule has 0 radical (unpaired) electrons. The molecule has 2 aromatic heterocycles. The van der Waals surface area contributed by atoms with Crippen molar-refractivity contribution in [1.82, 2.24) is 9.38 Å². The highest BCUT2D eigenvalue weighted by molar-refractivity contribution is 5.55.